The van der Waals surface area contributed by atoms with Gasteiger partial charge < -0.3 is 0 Å². The Morgan fingerprint density at radius 2 is 1.54 bits per heavy atom. The Labute approximate surface area is 179 Å². The summed E-state index contributed by atoms with van der Waals surface area (Å²) in [7, 11) is 0. The number of carbonyl (C=O) groups excluding carboxylic acids is 1. The summed E-state index contributed by atoms with van der Waals surface area (Å²) in [4.78, 5) is 16.6. The molecule has 1 amide bonds. The van der Waals surface area contributed by atoms with Gasteiger partial charge in [-0.1, -0.05) is 59.1 Å². The Kier molecular flexibility index (Phi) is 7.71. The average Bonchev–Trinajstić information content (AvgIpc) is 2.67. The first-order valence-corrected chi connectivity index (χ1v) is 10.1. The maximum absolute atomic E-state index is 12.1. The van der Waals surface area contributed by atoms with E-state index in [-0.39, 0.29) is 5.91 Å². The molecule has 1 saturated heterocycles. The van der Waals surface area contributed by atoms with Crippen LogP contribution in [0.3, 0.4) is 0 Å². The molecule has 2 aromatic carbocycles. The van der Waals surface area contributed by atoms with Crippen LogP contribution in [0.15, 0.2) is 47.6 Å². The lowest BCUT2D eigenvalue weighted by Gasteiger charge is -2.34. The minimum absolute atomic E-state index is 0.168. The number of piperazine rings is 1. The third-order valence-electron chi connectivity index (χ3n) is 4.57. The number of hydrogen-bond donors (Lipinski definition) is 1. The molecule has 1 heterocycles. The number of benzene rings is 2. The van der Waals surface area contributed by atoms with Crippen molar-refractivity contribution in [2.24, 2.45) is 5.10 Å². The fraction of sp³-hybridized carbons (Fsp3) is 0.300. The molecule has 0 spiro atoms. The van der Waals surface area contributed by atoms with E-state index in [2.05, 4.69) is 20.3 Å². The van der Waals surface area contributed by atoms with Crippen LogP contribution in [-0.2, 0) is 11.3 Å². The van der Waals surface area contributed by atoms with Crippen molar-refractivity contribution >= 4 is 46.9 Å². The zero-order chi connectivity index (χ0) is 19.9. The van der Waals surface area contributed by atoms with Crippen molar-refractivity contribution in [1.29, 1.82) is 0 Å². The van der Waals surface area contributed by atoms with Gasteiger partial charge in [0.25, 0.3) is 5.91 Å². The Morgan fingerprint density at radius 1 is 0.929 bits per heavy atom. The minimum Gasteiger partial charge on any atom is -0.296 e. The molecule has 148 valence electrons. The minimum atomic E-state index is -0.168. The molecular weight excluding hydrogens is 419 g/mol. The topological polar surface area (TPSA) is 47.9 Å². The largest absolute Gasteiger partial charge is 0.296 e. The molecule has 2 aromatic rings. The summed E-state index contributed by atoms with van der Waals surface area (Å²) in [5.41, 5.74) is 4.24. The highest BCUT2D eigenvalue weighted by Gasteiger charge is 2.19. The first kappa shape index (κ1) is 21.1. The fourth-order valence-corrected chi connectivity index (χ4v) is 3.70. The zero-order valence-electron chi connectivity index (χ0n) is 15.2. The van der Waals surface area contributed by atoms with Gasteiger partial charge in [-0.2, -0.15) is 5.10 Å². The second-order valence-corrected chi connectivity index (χ2v) is 7.79. The summed E-state index contributed by atoms with van der Waals surface area (Å²) < 4.78 is 0. The number of carbonyl (C=O) groups is 1. The number of rotatable bonds is 6. The summed E-state index contributed by atoms with van der Waals surface area (Å²) >= 11 is 18.4. The van der Waals surface area contributed by atoms with Crippen molar-refractivity contribution in [2.75, 3.05) is 32.7 Å². The second kappa shape index (κ2) is 10.2. The van der Waals surface area contributed by atoms with E-state index in [4.69, 9.17) is 34.8 Å². The van der Waals surface area contributed by atoms with Gasteiger partial charge in [0.15, 0.2) is 0 Å². The molecule has 28 heavy (non-hydrogen) atoms. The molecule has 3 rings (SSSR count). The zero-order valence-corrected chi connectivity index (χ0v) is 17.5. The van der Waals surface area contributed by atoms with Crippen LogP contribution in [-0.4, -0.2) is 54.6 Å². The molecule has 0 saturated carbocycles. The molecule has 0 aromatic heterocycles. The van der Waals surface area contributed by atoms with E-state index < -0.39 is 0 Å². The predicted octanol–water partition coefficient (Wildman–Crippen LogP) is 3.91. The van der Waals surface area contributed by atoms with Gasteiger partial charge in [-0.05, 0) is 23.8 Å². The average molecular weight is 440 g/mol. The third-order valence-corrected chi connectivity index (χ3v) is 5.59. The SMILES string of the molecule is O=C(CN1CCN(Cc2ccccc2Cl)CC1)N/N=C\c1c(Cl)cccc1Cl. The lowest BCUT2D eigenvalue weighted by molar-refractivity contribution is -0.122. The van der Waals surface area contributed by atoms with Crippen LogP contribution in [0, 0.1) is 0 Å². The lowest BCUT2D eigenvalue weighted by atomic mass is 10.2. The fourth-order valence-electron chi connectivity index (χ4n) is 3.01. The molecular formula is C20H21Cl3N4O. The predicted molar refractivity (Wildman–Crippen MR) is 115 cm³/mol. The van der Waals surface area contributed by atoms with E-state index in [0.29, 0.717) is 22.2 Å². The van der Waals surface area contributed by atoms with Crippen molar-refractivity contribution in [2.45, 2.75) is 6.54 Å². The maximum atomic E-state index is 12.1. The summed E-state index contributed by atoms with van der Waals surface area (Å²) in [5.74, 6) is -0.168. The van der Waals surface area contributed by atoms with E-state index in [0.717, 1.165) is 43.3 Å². The second-order valence-electron chi connectivity index (χ2n) is 6.57. The van der Waals surface area contributed by atoms with Crippen LogP contribution in [0.2, 0.25) is 15.1 Å². The van der Waals surface area contributed by atoms with Crippen LogP contribution < -0.4 is 5.43 Å². The highest BCUT2D eigenvalue weighted by Crippen LogP contribution is 2.22. The normalized spacial score (nSPS) is 15.8. The Balaban J connectivity index is 1.42. The van der Waals surface area contributed by atoms with Gasteiger partial charge in [0.2, 0.25) is 0 Å². The molecule has 1 fully saturated rings. The van der Waals surface area contributed by atoms with E-state index in [1.165, 1.54) is 6.21 Å². The van der Waals surface area contributed by atoms with Crippen molar-refractivity contribution in [3.05, 3.63) is 68.7 Å². The molecule has 0 bridgehead atoms. The number of nitrogens with zero attached hydrogens (tertiary/aromatic N) is 3. The number of nitrogens with one attached hydrogen (secondary N) is 1. The van der Waals surface area contributed by atoms with Crippen molar-refractivity contribution in [3.8, 4) is 0 Å². The van der Waals surface area contributed by atoms with Crippen molar-refractivity contribution in [3.63, 3.8) is 0 Å². The Hall–Kier alpha value is -1.63. The van der Waals surface area contributed by atoms with Crippen LogP contribution in [0.1, 0.15) is 11.1 Å². The molecule has 1 aliphatic heterocycles. The van der Waals surface area contributed by atoms with Crippen molar-refractivity contribution in [1.82, 2.24) is 15.2 Å². The first-order chi connectivity index (χ1) is 13.5. The molecule has 5 nitrogen and oxygen atoms in total. The van der Waals surface area contributed by atoms with E-state index in [9.17, 15) is 4.79 Å². The Bertz CT molecular complexity index is 831. The maximum Gasteiger partial charge on any atom is 0.254 e. The third kappa shape index (κ3) is 5.93. The molecule has 0 unspecified atom stereocenters. The van der Waals surface area contributed by atoms with Crippen LogP contribution in [0.4, 0.5) is 0 Å². The molecule has 8 heteroatoms. The molecule has 0 radical (unpaired) electrons. The van der Waals surface area contributed by atoms with Gasteiger partial charge in [-0.3, -0.25) is 14.6 Å². The van der Waals surface area contributed by atoms with E-state index in [1.54, 1.807) is 18.2 Å². The van der Waals surface area contributed by atoms with Gasteiger partial charge in [-0.15, -0.1) is 0 Å². The highest BCUT2D eigenvalue weighted by atomic mass is 35.5. The van der Waals surface area contributed by atoms with E-state index in [1.807, 2.05) is 24.3 Å². The molecule has 0 atom stereocenters. The van der Waals surface area contributed by atoms with Gasteiger partial charge >= 0.3 is 0 Å². The standard InChI is InChI=1S/C20H21Cl3N4O/c21-17-5-2-1-4-15(17)13-26-8-10-27(11-9-26)14-20(28)25-24-12-16-18(22)6-3-7-19(16)23/h1-7,12H,8-11,13-14H2,(H,25,28)/b24-12-. The number of hydrogen-bond acceptors (Lipinski definition) is 4. The van der Waals surface area contributed by atoms with Gasteiger partial charge in [0, 0.05) is 43.3 Å². The smallest absolute Gasteiger partial charge is 0.254 e. The Morgan fingerprint density at radius 3 is 2.21 bits per heavy atom. The number of amides is 1. The van der Waals surface area contributed by atoms with Crippen LogP contribution >= 0.6 is 34.8 Å². The summed E-state index contributed by atoms with van der Waals surface area (Å²) in [6.45, 7) is 4.53. The number of halogens is 3. The van der Waals surface area contributed by atoms with Crippen LogP contribution in [0.25, 0.3) is 0 Å². The monoisotopic (exact) mass is 438 g/mol. The van der Waals surface area contributed by atoms with Gasteiger partial charge in [0.1, 0.15) is 0 Å². The number of hydrazone groups is 1. The molecule has 0 aliphatic carbocycles. The lowest BCUT2D eigenvalue weighted by Crippen LogP contribution is -2.48. The van der Waals surface area contributed by atoms with Gasteiger partial charge in [0.05, 0.1) is 22.8 Å². The van der Waals surface area contributed by atoms with Crippen LogP contribution in [0.5, 0.6) is 0 Å². The summed E-state index contributed by atoms with van der Waals surface area (Å²) in [5, 5.41) is 5.73. The van der Waals surface area contributed by atoms with E-state index >= 15 is 0 Å². The molecule has 1 N–H and O–H groups in total. The highest BCUT2D eigenvalue weighted by molar-refractivity contribution is 6.38. The van der Waals surface area contributed by atoms with Gasteiger partial charge in [-0.25, -0.2) is 5.43 Å². The summed E-state index contributed by atoms with van der Waals surface area (Å²) in [6, 6.07) is 13.1. The molecule has 1 aliphatic rings. The summed E-state index contributed by atoms with van der Waals surface area (Å²) in [6.07, 6.45) is 1.46. The van der Waals surface area contributed by atoms with Crippen molar-refractivity contribution < 1.29 is 4.79 Å². The first-order valence-electron chi connectivity index (χ1n) is 8.97. The quantitative estimate of drug-likeness (QED) is 0.548.